The van der Waals surface area contributed by atoms with E-state index in [9.17, 15) is 19.1 Å². The highest BCUT2D eigenvalue weighted by atomic mass is 19.1. The molecule has 0 unspecified atom stereocenters. The summed E-state index contributed by atoms with van der Waals surface area (Å²) < 4.78 is 18.6. The molecule has 3 aromatic rings. The molecule has 0 saturated carbocycles. The number of ether oxygens (including phenoxy) is 1. The highest BCUT2D eigenvalue weighted by molar-refractivity contribution is 6.00. The van der Waals surface area contributed by atoms with Gasteiger partial charge in [0.25, 0.3) is 5.91 Å². The summed E-state index contributed by atoms with van der Waals surface area (Å²) in [5.41, 5.74) is 3.80. The van der Waals surface area contributed by atoms with E-state index < -0.39 is 17.8 Å². The third-order valence-corrected chi connectivity index (χ3v) is 4.11. The highest BCUT2D eigenvalue weighted by Gasteiger charge is 2.08. The van der Waals surface area contributed by atoms with E-state index in [2.05, 4.69) is 21.2 Å². The van der Waals surface area contributed by atoms with Gasteiger partial charge in [0.05, 0.1) is 19.0 Å². The maximum Gasteiger partial charge on any atom is 0.323 e. The highest BCUT2D eigenvalue weighted by Crippen LogP contribution is 2.25. The van der Waals surface area contributed by atoms with E-state index in [-0.39, 0.29) is 17.2 Å². The lowest BCUT2D eigenvalue weighted by Crippen LogP contribution is -2.20. The van der Waals surface area contributed by atoms with Gasteiger partial charge in [-0.1, -0.05) is 12.1 Å². The van der Waals surface area contributed by atoms with Crippen LogP contribution in [0, 0.1) is 5.82 Å². The van der Waals surface area contributed by atoms with Crippen LogP contribution in [0.25, 0.3) is 0 Å². The van der Waals surface area contributed by atoms with Crippen LogP contribution in [-0.4, -0.2) is 30.4 Å². The smallest absolute Gasteiger partial charge is 0.323 e. The van der Waals surface area contributed by atoms with Gasteiger partial charge in [-0.2, -0.15) is 5.10 Å². The van der Waals surface area contributed by atoms with Crippen molar-refractivity contribution in [1.82, 2.24) is 5.43 Å². The van der Waals surface area contributed by atoms with Crippen molar-refractivity contribution in [2.45, 2.75) is 0 Å². The van der Waals surface area contributed by atoms with Crippen molar-refractivity contribution in [1.29, 1.82) is 0 Å². The van der Waals surface area contributed by atoms with E-state index >= 15 is 0 Å². The predicted octanol–water partition coefficient (Wildman–Crippen LogP) is 3.95. The fraction of sp³-hybridized carbons (Fsp3) is 0.0455. The molecular weight excluding hydrogens is 403 g/mol. The number of para-hydroxylation sites is 1. The molecule has 158 valence electrons. The summed E-state index contributed by atoms with van der Waals surface area (Å²) in [4.78, 5) is 24.2. The lowest BCUT2D eigenvalue weighted by molar-refractivity contribution is 0.0955. The number of phenolic OH excluding ortho intramolecular Hbond substituents is 1. The summed E-state index contributed by atoms with van der Waals surface area (Å²) in [6.45, 7) is 0. The summed E-state index contributed by atoms with van der Waals surface area (Å²) >= 11 is 0. The Morgan fingerprint density at radius 3 is 2.48 bits per heavy atom. The van der Waals surface area contributed by atoms with Gasteiger partial charge in [0.2, 0.25) is 0 Å². The summed E-state index contributed by atoms with van der Waals surface area (Å²) in [5, 5.41) is 18.4. The number of halogens is 1. The normalized spacial score (nSPS) is 10.5. The molecule has 31 heavy (non-hydrogen) atoms. The van der Waals surface area contributed by atoms with Crippen LogP contribution in [0.5, 0.6) is 11.5 Å². The number of benzene rings is 3. The Kier molecular flexibility index (Phi) is 6.79. The largest absolute Gasteiger partial charge is 0.504 e. The Bertz CT molecular complexity index is 1120. The number of aromatic hydroxyl groups is 1. The number of carbonyl (C=O) groups is 2. The molecule has 0 radical (unpaired) electrons. The van der Waals surface area contributed by atoms with Crippen LogP contribution >= 0.6 is 0 Å². The minimum absolute atomic E-state index is 0.0000283. The average molecular weight is 422 g/mol. The second-order valence-corrected chi connectivity index (χ2v) is 6.27. The SMILES string of the molecule is COc1cc(/C=N/NC(=O)c2ccc(NC(=O)Nc3ccccc3F)cc2)ccc1O. The summed E-state index contributed by atoms with van der Waals surface area (Å²) in [5.74, 6) is -0.710. The average Bonchev–Trinajstić information content (AvgIpc) is 2.77. The lowest BCUT2D eigenvalue weighted by atomic mass is 10.2. The number of nitrogens with one attached hydrogen (secondary N) is 3. The van der Waals surface area contributed by atoms with Crippen LogP contribution in [0.4, 0.5) is 20.6 Å². The molecule has 0 aliphatic rings. The minimum atomic E-state index is -0.615. The second-order valence-electron chi connectivity index (χ2n) is 6.27. The van der Waals surface area contributed by atoms with Gasteiger partial charge in [-0.25, -0.2) is 14.6 Å². The van der Waals surface area contributed by atoms with E-state index in [1.807, 2.05) is 0 Å². The quantitative estimate of drug-likeness (QED) is 0.356. The molecule has 3 rings (SSSR count). The number of amides is 3. The van der Waals surface area contributed by atoms with Crippen LogP contribution < -0.4 is 20.8 Å². The summed E-state index contributed by atoms with van der Waals surface area (Å²) in [6, 6.07) is 15.9. The van der Waals surface area contributed by atoms with Crippen molar-refractivity contribution >= 4 is 29.5 Å². The van der Waals surface area contributed by atoms with Crippen molar-refractivity contribution in [2.24, 2.45) is 5.10 Å². The number of methoxy groups -OCH3 is 1. The van der Waals surface area contributed by atoms with E-state index in [1.54, 1.807) is 18.2 Å². The third kappa shape index (κ3) is 5.80. The van der Waals surface area contributed by atoms with Gasteiger partial charge in [-0.05, 0) is 60.2 Å². The maximum absolute atomic E-state index is 13.6. The molecule has 3 aromatic carbocycles. The summed E-state index contributed by atoms with van der Waals surface area (Å²) in [7, 11) is 1.43. The molecule has 9 heteroatoms. The second kappa shape index (κ2) is 9.88. The molecule has 0 fully saturated rings. The van der Waals surface area contributed by atoms with Crippen LogP contribution in [0.15, 0.2) is 71.8 Å². The van der Waals surface area contributed by atoms with Crippen molar-refractivity contribution in [3.63, 3.8) is 0 Å². The molecule has 0 bridgehead atoms. The first-order valence-electron chi connectivity index (χ1n) is 9.09. The monoisotopic (exact) mass is 422 g/mol. The number of urea groups is 1. The Hall–Kier alpha value is -4.40. The van der Waals surface area contributed by atoms with Crippen molar-refractivity contribution in [3.05, 3.63) is 83.7 Å². The van der Waals surface area contributed by atoms with E-state index in [4.69, 9.17) is 4.74 Å². The van der Waals surface area contributed by atoms with Gasteiger partial charge < -0.3 is 20.5 Å². The van der Waals surface area contributed by atoms with Gasteiger partial charge in [0, 0.05) is 11.3 Å². The predicted molar refractivity (Wildman–Crippen MR) is 115 cm³/mol. The van der Waals surface area contributed by atoms with Crippen molar-refractivity contribution < 1.29 is 23.8 Å². The molecule has 0 saturated heterocycles. The van der Waals surface area contributed by atoms with Gasteiger partial charge in [0.1, 0.15) is 5.82 Å². The Balaban J connectivity index is 1.55. The van der Waals surface area contributed by atoms with Gasteiger partial charge in [0.15, 0.2) is 11.5 Å². The minimum Gasteiger partial charge on any atom is -0.504 e. The molecule has 0 aromatic heterocycles. The number of anilines is 2. The van der Waals surface area contributed by atoms with Crippen LogP contribution in [0.2, 0.25) is 0 Å². The molecule has 8 nitrogen and oxygen atoms in total. The molecule has 0 aliphatic carbocycles. The zero-order chi connectivity index (χ0) is 22.2. The molecule has 0 aliphatic heterocycles. The molecule has 0 atom stereocenters. The zero-order valence-electron chi connectivity index (χ0n) is 16.4. The Morgan fingerprint density at radius 1 is 1.03 bits per heavy atom. The van der Waals surface area contributed by atoms with Crippen LogP contribution in [0.1, 0.15) is 15.9 Å². The number of hydrazone groups is 1. The number of carbonyl (C=O) groups excluding carboxylic acids is 2. The van der Waals surface area contributed by atoms with Crippen molar-refractivity contribution in [2.75, 3.05) is 17.7 Å². The van der Waals surface area contributed by atoms with E-state index in [0.29, 0.717) is 16.8 Å². The first kappa shape index (κ1) is 21.3. The van der Waals surface area contributed by atoms with Gasteiger partial charge in [-0.15, -0.1) is 0 Å². The number of hydrogen-bond acceptors (Lipinski definition) is 5. The van der Waals surface area contributed by atoms with Crippen molar-refractivity contribution in [3.8, 4) is 11.5 Å². The van der Waals surface area contributed by atoms with E-state index in [0.717, 1.165) is 0 Å². The number of hydrogen-bond donors (Lipinski definition) is 4. The van der Waals surface area contributed by atoms with Crippen LogP contribution in [0.3, 0.4) is 0 Å². The maximum atomic E-state index is 13.6. The zero-order valence-corrected chi connectivity index (χ0v) is 16.4. The number of phenols is 1. The van der Waals surface area contributed by atoms with E-state index in [1.165, 1.54) is 61.9 Å². The number of nitrogens with zero attached hydrogens (tertiary/aromatic N) is 1. The standard InChI is InChI=1S/C22H19FN4O4/c1-31-20-12-14(6-11-19(20)28)13-24-27-21(29)15-7-9-16(10-8-15)25-22(30)26-18-5-3-2-4-17(18)23/h2-13,28H,1H3,(H,27,29)(H2,25,26,30)/b24-13+. The Morgan fingerprint density at radius 2 is 1.77 bits per heavy atom. The molecular formula is C22H19FN4O4. The van der Waals surface area contributed by atoms with Gasteiger partial charge in [-0.3, -0.25) is 4.79 Å². The topological polar surface area (TPSA) is 112 Å². The fourth-order valence-electron chi connectivity index (χ4n) is 2.56. The molecule has 0 heterocycles. The molecule has 4 N–H and O–H groups in total. The first-order chi connectivity index (χ1) is 15.0. The third-order valence-electron chi connectivity index (χ3n) is 4.11. The number of rotatable bonds is 6. The lowest BCUT2D eigenvalue weighted by Gasteiger charge is -2.09. The fourth-order valence-corrected chi connectivity index (χ4v) is 2.56. The Labute approximate surface area is 177 Å². The summed E-state index contributed by atoms with van der Waals surface area (Å²) in [6.07, 6.45) is 1.41. The van der Waals surface area contributed by atoms with Gasteiger partial charge >= 0.3 is 6.03 Å². The first-order valence-corrected chi connectivity index (χ1v) is 9.09. The molecule has 3 amide bonds. The van der Waals surface area contributed by atoms with Crippen LogP contribution in [-0.2, 0) is 0 Å². The molecule has 0 spiro atoms.